The summed E-state index contributed by atoms with van der Waals surface area (Å²) in [5, 5.41) is 9.18. The van der Waals surface area contributed by atoms with Gasteiger partial charge < -0.3 is 5.11 Å². The van der Waals surface area contributed by atoms with Gasteiger partial charge in [-0.2, -0.15) is 0 Å². The summed E-state index contributed by atoms with van der Waals surface area (Å²) in [5.74, 6) is 0.271. The minimum absolute atomic E-state index is 0.0787. The Kier molecular flexibility index (Phi) is 4.24. The van der Waals surface area contributed by atoms with Crippen LogP contribution in [-0.2, 0) is 0 Å². The lowest BCUT2D eigenvalue weighted by molar-refractivity contribution is 0.119. The molecule has 2 unspecified atom stereocenters. The van der Waals surface area contributed by atoms with Crippen LogP contribution >= 0.6 is 11.6 Å². The fourth-order valence-corrected chi connectivity index (χ4v) is 0.950. The Morgan fingerprint density at radius 2 is 1.89 bits per heavy atom. The Labute approximate surface area is 62.0 Å². The molecule has 0 fully saturated rings. The summed E-state index contributed by atoms with van der Waals surface area (Å²) in [5.41, 5.74) is 0. The Hall–Kier alpha value is 0.250. The predicted molar refractivity (Wildman–Crippen MR) is 40.8 cm³/mol. The number of alkyl halides is 1. The first-order valence-corrected chi connectivity index (χ1v) is 3.85. The molecule has 0 amide bonds. The molecule has 0 spiro atoms. The molecule has 1 N–H and O–H groups in total. The molecular formula is C7H15ClO. The first-order valence-electron chi connectivity index (χ1n) is 3.41. The van der Waals surface area contributed by atoms with Crippen molar-refractivity contribution in [3.05, 3.63) is 0 Å². The smallest absolute Gasteiger partial charge is 0.0726 e. The number of halogens is 1. The van der Waals surface area contributed by atoms with Crippen LogP contribution in [0, 0.1) is 5.92 Å². The molecule has 0 heterocycles. The second kappa shape index (κ2) is 4.13. The lowest BCUT2D eigenvalue weighted by atomic mass is 10.0. The van der Waals surface area contributed by atoms with Crippen molar-refractivity contribution in [1.82, 2.24) is 0 Å². The molecule has 0 aliphatic carbocycles. The largest absolute Gasteiger partial charge is 0.391 e. The highest BCUT2D eigenvalue weighted by Gasteiger charge is 2.17. The van der Waals surface area contributed by atoms with Crippen LogP contribution in [0.5, 0.6) is 0 Å². The topological polar surface area (TPSA) is 20.2 Å². The second-order valence-corrected chi connectivity index (χ2v) is 3.22. The molecule has 0 aromatic rings. The molecule has 0 bridgehead atoms. The van der Waals surface area contributed by atoms with E-state index in [0.717, 1.165) is 6.42 Å². The number of aliphatic hydroxyl groups excluding tert-OH is 1. The average molecular weight is 151 g/mol. The van der Waals surface area contributed by atoms with Crippen LogP contribution in [0.2, 0.25) is 0 Å². The van der Waals surface area contributed by atoms with Gasteiger partial charge in [-0.15, -0.1) is 11.6 Å². The Morgan fingerprint density at radius 3 is 2.00 bits per heavy atom. The summed E-state index contributed by atoms with van der Waals surface area (Å²) in [6, 6.07) is 0. The van der Waals surface area contributed by atoms with E-state index in [4.69, 9.17) is 11.6 Å². The predicted octanol–water partition coefficient (Wildman–Crippen LogP) is 2.02. The summed E-state index contributed by atoms with van der Waals surface area (Å²) in [4.78, 5) is 0. The first-order chi connectivity index (χ1) is 4.09. The molecular weight excluding hydrogens is 136 g/mol. The van der Waals surface area contributed by atoms with E-state index in [1.165, 1.54) is 0 Å². The third-order valence-electron chi connectivity index (χ3n) is 1.44. The summed E-state index contributed by atoms with van der Waals surface area (Å²) < 4.78 is 0. The van der Waals surface area contributed by atoms with Gasteiger partial charge in [0.1, 0.15) is 0 Å². The first kappa shape index (κ1) is 9.25. The third-order valence-corrected chi connectivity index (χ3v) is 2.01. The van der Waals surface area contributed by atoms with E-state index in [-0.39, 0.29) is 17.4 Å². The fourth-order valence-electron chi connectivity index (χ4n) is 0.659. The molecule has 0 aromatic carbocycles. The zero-order valence-corrected chi connectivity index (χ0v) is 7.02. The highest BCUT2D eigenvalue weighted by Crippen LogP contribution is 2.14. The maximum absolute atomic E-state index is 9.26. The van der Waals surface area contributed by atoms with Gasteiger partial charge in [0.15, 0.2) is 0 Å². The van der Waals surface area contributed by atoms with Crippen LogP contribution in [0.1, 0.15) is 27.2 Å². The van der Waals surface area contributed by atoms with Gasteiger partial charge in [0.2, 0.25) is 0 Å². The molecule has 0 aliphatic rings. The normalized spacial score (nSPS) is 18.0. The molecule has 9 heavy (non-hydrogen) atoms. The van der Waals surface area contributed by atoms with E-state index < -0.39 is 0 Å². The minimum atomic E-state index is -0.350. The van der Waals surface area contributed by atoms with E-state index in [2.05, 4.69) is 0 Å². The zero-order valence-electron chi connectivity index (χ0n) is 6.26. The van der Waals surface area contributed by atoms with Gasteiger partial charge in [0.25, 0.3) is 0 Å². The molecule has 0 aliphatic heterocycles. The van der Waals surface area contributed by atoms with Crippen LogP contribution < -0.4 is 0 Å². The lowest BCUT2D eigenvalue weighted by Gasteiger charge is -2.18. The maximum atomic E-state index is 9.26. The molecule has 2 heteroatoms. The Morgan fingerprint density at radius 1 is 1.44 bits per heavy atom. The molecule has 2 atom stereocenters. The van der Waals surface area contributed by atoms with Crippen molar-refractivity contribution >= 4 is 11.6 Å². The SMILES string of the molecule is CCC(Cl)C(O)C(C)C. The highest BCUT2D eigenvalue weighted by atomic mass is 35.5. The number of hydrogen-bond donors (Lipinski definition) is 1. The van der Waals surface area contributed by atoms with E-state index in [1.54, 1.807) is 0 Å². The van der Waals surface area contributed by atoms with Crippen LogP contribution in [0.25, 0.3) is 0 Å². The zero-order chi connectivity index (χ0) is 7.44. The fraction of sp³-hybridized carbons (Fsp3) is 1.00. The molecule has 56 valence electrons. The molecule has 0 radical (unpaired) electrons. The van der Waals surface area contributed by atoms with Crippen molar-refractivity contribution in [1.29, 1.82) is 0 Å². The standard InChI is InChI=1S/C7H15ClO/c1-4-6(8)7(9)5(2)3/h5-7,9H,4H2,1-3H3. The van der Waals surface area contributed by atoms with Crippen molar-refractivity contribution in [3.63, 3.8) is 0 Å². The van der Waals surface area contributed by atoms with Crippen molar-refractivity contribution in [2.24, 2.45) is 5.92 Å². The molecule has 1 nitrogen and oxygen atoms in total. The van der Waals surface area contributed by atoms with Gasteiger partial charge in [-0.05, 0) is 12.3 Å². The van der Waals surface area contributed by atoms with Gasteiger partial charge >= 0.3 is 0 Å². The van der Waals surface area contributed by atoms with Gasteiger partial charge in [-0.25, -0.2) is 0 Å². The lowest BCUT2D eigenvalue weighted by Crippen LogP contribution is -2.25. The van der Waals surface area contributed by atoms with E-state index >= 15 is 0 Å². The summed E-state index contributed by atoms with van der Waals surface area (Å²) in [7, 11) is 0. The van der Waals surface area contributed by atoms with Crippen LogP contribution in [0.15, 0.2) is 0 Å². The van der Waals surface area contributed by atoms with Crippen molar-refractivity contribution in [2.45, 2.75) is 38.7 Å². The van der Waals surface area contributed by atoms with Crippen LogP contribution in [-0.4, -0.2) is 16.6 Å². The Balaban J connectivity index is 3.58. The maximum Gasteiger partial charge on any atom is 0.0726 e. The van der Waals surface area contributed by atoms with E-state index in [1.807, 2.05) is 20.8 Å². The average Bonchev–Trinajstić information content (AvgIpc) is 1.84. The number of aliphatic hydroxyl groups is 1. The van der Waals surface area contributed by atoms with Crippen LogP contribution in [0.3, 0.4) is 0 Å². The van der Waals surface area contributed by atoms with Crippen molar-refractivity contribution in [3.8, 4) is 0 Å². The highest BCUT2D eigenvalue weighted by molar-refractivity contribution is 6.21. The van der Waals surface area contributed by atoms with Gasteiger partial charge in [0.05, 0.1) is 11.5 Å². The van der Waals surface area contributed by atoms with Gasteiger partial charge in [0, 0.05) is 0 Å². The van der Waals surface area contributed by atoms with E-state index in [0.29, 0.717) is 0 Å². The summed E-state index contributed by atoms with van der Waals surface area (Å²) >= 11 is 5.76. The monoisotopic (exact) mass is 150 g/mol. The van der Waals surface area contributed by atoms with Crippen LogP contribution in [0.4, 0.5) is 0 Å². The third kappa shape index (κ3) is 3.07. The van der Waals surface area contributed by atoms with Gasteiger partial charge in [-0.3, -0.25) is 0 Å². The quantitative estimate of drug-likeness (QED) is 0.611. The number of hydrogen-bond acceptors (Lipinski definition) is 1. The summed E-state index contributed by atoms with van der Waals surface area (Å²) in [6.45, 7) is 5.91. The van der Waals surface area contributed by atoms with Gasteiger partial charge in [-0.1, -0.05) is 20.8 Å². The molecule has 0 saturated carbocycles. The molecule has 0 rings (SSSR count). The minimum Gasteiger partial charge on any atom is -0.391 e. The van der Waals surface area contributed by atoms with E-state index in [9.17, 15) is 5.11 Å². The Bertz CT molecular complexity index is 73.3. The van der Waals surface area contributed by atoms with Crippen molar-refractivity contribution < 1.29 is 5.11 Å². The second-order valence-electron chi connectivity index (χ2n) is 2.66. The number of rotatable bonds is 3. The molecule has 0 aromatic heterocycles. The summed E-state index contributed by atoms with van der Waals surface area (Å²) in [6.07, 6.45) is 0.484. The van der Waals surface area contributed by atoms with Crippen molar-refractivity contribution in [2.75, 3.05) is 0 Å². The molecule has 0 saturated heterocycles.